The van der Waals surface area contributed by atoms with E-state index in [0.717, 1.165) is 19.4 Å². The number of hydrogen-bond acceptors (Lipinski definition) is 4. The van der Waals surface area contributed by atoms with Gasteiger partial charge in [-0.2, -0.15) is 5.06 Å². The largest absolute Gasteiger partial charge is 0.447 e. The van der Waals surface area contributed by atoms with Gasteiger partial charge in [-0.3, -0.25) is 9.63 Å². The van der Waals surface area contributed by atoms with Crippen LogP contribution in [0.5, 0.6) is 0 Å². The van der Waals surface area contributed by atoms with Gasteiger partial charge in [0.25, 0.3) is 0 Å². The molecule has 3 heterocycles. The highest BCUT2D eigenvalue weighted by molar-refractivity contribution is 9.09. The Balaban J connectivity index is 1.87. The third kappa shape index (κ3) is 1.15. The van der Waals surface area contributed by atoms with Crippen LogP contribution in [0.3, 0.4) is 0 Å². The Morgan fingerprint density at radius 2 is 2.29 bits per heavy atom. The van der Waals surface area contributed by atoms with Crippen molar-refractivity contribution in [3.63, 3.8) is 0 Å². The zero-order valence-electron chi connectivity index (χ0n) is 7.69. The number of esters is 1. The molecule has 78 valence electrons. The summed E-state index contributed by atoms with van der Waals surface area (Å²) in [7, 11) is 0. The number of nitrogens with zero attached hydrogens (tertiary/aromatic N) is 1. The number of halogens is 1. The lowest BCUT2D eigenvalue weighted by Gasteiger charge is -2.29. The van der Waals surface area contributed by atoms with Crippen LogP contribution in [0.1, 0.15) is 19.3 Å². The van der Waals surface area contributed by atoms with Gasteiger partial charge >= 0.3 is 5.97 Å². The van der Waals surface area contributed by atoms with Crippen LogP contribution < -0.4 is 0 Å². The molecule has 0 aromatic carbocycles. The van der Waals surface area contributed by atoms with Crippen molar-refractivity contribution in [1.82, 2.24) is 5.06 Å². The van der Waals surface area contributed by atoms with Gasteiger partial charge in [-0.05, 0) is 28.8 Å². The minimum absolute atomic E-state index is 0.0697. The molecule has 5 heteroatoms. The summed E-state index contributed by atoms with van der Waals surface area (Å²) in [6.45, 7) is 0.949. The maximum absolute atomic E-state index is 11.6. The molecule has 0 amide bonds. The molecule has 3 rings (SSSR count). The monoisotopic (exact) mass is 261 g/mol. The molecular weight excluding hydrogens is 250 g/mol. The molecular formula is C9H12BrNO3. The number of carbonyl (C=O) groups excluding carboxylic acids is 1. The predicted octanol–water partition coefficient (Wildman–Crippen LogP) is 1.05. The summed E-state index contributed by atoms with van der Waals surface area (Å²) in [5, 5.41) is 1.72. The zero-order valence-corrected chi connectivity index (χ0v) is 9.27. The second-order valence-corrected chi connectivity index (χ2v) is 4.99. The second kappa shape index (κ2) is 3.18. The van der Waals surface area contributed by atoms with Crippen molar-refractivity contribution < 1.29 is 14.4 Å². The average molecular weight is 262 g/mol. The molecule has 0 spiro atoms. The number of hydroxylamine groups is 2. The molecule has 0 aromatic rings. The summed E-state index contributed by atoms with van der Waals surface area (Å²) in [4.78, 5) is 17.3. The molecule has 0 unspecified atom stereocenters. The molecule has 0 bridgehead atoms. The van der Waals surface area contributed by atoms with Crippen molar-refractivity contribution in [3.8, 4) is 0 Å². The number of ether oxygens (including phenoxy) is 1. The molecule has 0 aromatic heterocycles. The van der Waals surface area contributed by atoms with Crippen LogP contribution in [-0.4, -0.2) is 34.7 Å². The summed E-state index contributed by atoms with van der Waals surface area (Å²) in [6.07, 6.45) is 3.30. The average Bonchev–Trinajstić information content (AvgIpc) is 2.66. The van der Waals surface area contributed by atoms with E-state index >= 15 is 0 Å². The minimum atomic E-state index is -0.259. The number of carbonyl (C=O) groups is 1. The molecule has 3 fully saturated rings. The molecule has 0 saturated carbocycles. The molecule has 3 saturated heterocycles. The maximum atomic E-state index is 11.6. The van der Waals surface area contributed by atoms with Gasteiger partial charge in [-0.25, -0.2) is 0 Å². The Bertz CT molecular complexity index is 273. The molecule has 4 atom stereocenters. The molecule has 4 nitrogen and oxygen atoms in total. The van der Waals surface area contributed by atoms with Crippen molar-refractivity contribution in [2.24, 2.45) is 5.92 Å². The number of fused-ring (bicyclic) bond motifs is 3. The first-order chi connectivity index (χ1) is 6.77. The molecule has 0 radical (unpaired) electrons. The van der Waals surface area contributed by atoms with Gasteiger partial charge in [0.2, 0.25) is 0 Å². The Kier molecular flexibility index (Phi) is 2.07. The van der Waals surface area contributed by atoms with E-state index in [1.165, 1.54) is 6.42 Å². The predicted molar refractivity (Wildman–Crippen MR) is 51.5 cm³/mol. The quantitative estimate of drug-likeness (QED) is 0.483. The van der Waals surface area contributed by atoms with Crippen LogP contribution >= 0.6 is 15.9 Å². The number of rotatable bonds is 0. The molecule has 3 aliphatic rings. The van der Waals surface area contributed by atoms with Crippen molar-refractivity contribution >= 4 is 21.9 Å². The van der Waals surface area contributed by atoms with E-state index in [4.69, 9.17) is 9.57 Å². The number of alkyl halides is 1. The SMILES string of the molecule is O=C1O[C@@H](Br)[C@@H]2ON3CCCC[C@@H]3[C@H]12. The van der Waals surface area contributed by atoms with Gasteiger partial charge < -0.3 is 4.74 Å². The first kappa shape index (κ1) is 9.12. The Morgan fingerprint density at radius 1 is 1.43 bits per heavy atom. The van der Waals surface area contributed by atoms with Crippen LogP contribution in [-0.2, 0) is 14.4 Å². The fourth-order valence-corrected chi connectivity index (χ4v) is 3.23. The first-order valence-electron chi connectivity index (χ1n) is 5.05. The highest BCUT2D eigenvalue weighted by Gasteiger charge is 2.56. The van der Waals surface area contributed by atoms with Crippen molar-refractivity contribution in [2.45, 2.75) is 36.4 Å². The van der Waals surface area contributed by atoms with Gasteiger partial charge in [0, 0.05) is 6.54 Å². The normalized spacial score (nSPS) is 47.4. The van der Waals surface area contributed by atoms with Crippen molar-refractivity contribution in [3.05, 3.63) is 0 Å². The van der Waals surface area contributed by atoms with E-state index in [-0.39, 0.29) is 29.0 Å². The van der Waals surface area contributed by atoms with E-state index in [2.05, 4.69) is 15.9 Å². The van der Waals surface area contributed by atoms with E-state index in [9.17, 15) is 4.79 Å². The number of cyclic esters (lactones) is 1. The van der Waals surface area contributed by atoms with E-state index in [1.54, 1.807) is 0 Å². The minimum Gasteiger partial charge on any atom is -0.447 e. The fraction of sp³-hybridized carbons (Fsp3) is 0.889. The number of piperidine rings is 1. The Hall–Kier alpha value is -0.130. The Labute approximate surface area is 90.6 Å². The van der Waals surface area contributed by atoms with Crippen molar-refractivity contribution in [2.75, 3.05) is 6.54 Å². The topological polar surface area (TPSA) is 38.8 Å². The van der Waals surface area contributed by atoms with Crippen LogP contribution in [0.25, 0.3) is 0 Å². The summed E-state index contributed by atoms with van der Waals surface area (Å²) in [5.74, 6) is -0.175. The van der Waals surface area contributed by atoms with Crippen molar-refractivity contribution in [1.29, 1.82) is 0 Å². The number of hydrogen-bond donors (Lipinski definition) is 0. The highest BCUT2D eigenvalue weighted by atomic mass is 79.9. The van der Waals surface area contributed by atoms with E-state index < -0.39 is 0 Å². The molecule has 0 N–H and O–H groups in total. The van der Waals surface area contributed by atoms with Crippen LogP contribution in [0, 0.1) is 5.92 Å². The Morgan fingerprint density at radius 3 is 3.14 bits per heavy atom. The molecule has 0 aliphatic carbocycles. The standard InChI is InChI=1S/C9H12BrNO3/c10-8-7-6(9(12)13-8)5-3-1-2-4-11(5)14-7/h5-8H,1-4H2/t5-,6+,7-,8-/m1/s1. The summed E-state index contributed by atoms with van der Waals surface area (Å²) in [6, 6.07) is 0.254. The summed E-state index contributed by atoms with van der Waals surface area (Å²) >= 11 is 3.32. The zero-order chi connectivity index (χ0) is 9.71. The van der Waals surface area contributed by atoms with E-state index in [0.29, 0.717) is 0 Å². The second-order valence-electron chi connectivity index (χ2n) is 4.09. The van der Waals surface area contributed by atoms with Crippen LogP contribution in [0.2, 0.25) is 0 Å². The lowest BCUT2D eigenvalue weighted by molar-refractivity contribution is -0.184. The van der Waals surface area contributed by atoms with Gasteiger partial charge in [-0.15, -0.1) is 0 Å². The third-order valence-corrected chi connectivity index (χ3v) is 3.99. The fourth-order valence-electron chi connectivity index (χ4n) is 2.62. The lowest BCUT2D eigenvalue weighted by Crippen LogP contribution is -2.38. The molecule has 14 heavy (non-hydrogen) atoms. The van der Waals surface area contributed by atoms with Gasteiger partial charge in [0.15, 0.2) is 5.01 Å². The van der Waals surface area contributed by atoms with Gasteiger partial charge in [0.05, 0.1) is 6.04 Å². The highest BCUT2D eigenvalue weighted by Crippen LogP contribution is 2.42. The van der Waals surface area contributed by atoms with Gasteiger partial charge in [-0.1, -0.05) is 6.42 Å². The maximum Gasteiger partial charge on any atom is 0.314 e. The van der Waals surface area contributed by atoms with Gasteiger partial charge in [0.1, 0.15) is 12.0 Å². The smallest absolute Gasteiger partial charge is 0.314 e. The summed E-state index contributed by atoms with van der Waals surface area (Å²) in [5.41, 5.74) is 0. The van der Waals surface area contributed by atoms with E-state index in [1.807, 2.05) is 5.06 Å². The molecule has 3 aliphatic heterocycles. The lowest BCUT2D eigenvalue weighted by atomic mass is 9.91. The third-order valence-electron chi connectivity index (χ3n) is 3.28. The summed E-state index contributed by atoms with van der Waals surface area (Å²) < 4.78 is 5.10. The van der Waals surface area contributed by atoms with Crippen LogP contribution in [0.15, 0.2) is 0 Å². The first-order valence-corrected chi connectivity index (χ1v) is 5.97. The van der Waals surface area contributed by atoms with Crippen LogP contribution in [0.4, 0.5) is 0 Å².